The highest BCUT2D eigenvalue weighted by atomic mass is 35.5. The molecule has 6 nitrogen and oxygen atoms in total. The van der Waals surface area contributed by atoms with E-state index >= 15 is 0 Å². The normalized spacial score (nSPS) is 11.1. The first-order valence-corrected chi connectivity index (χ1v) is 10.4. The number of aromatic nitrogens is 1. The summed E-state index contributed by atoms with van der Waals surface area (Å²) in [7, 11) is -4.21. The third-order valence-electron chi connectivity index (χ3n) is 4.03. The molecular formula is C20H17ClFN3O3S. The van der Waals surface area contributed by atoms with E-state index in [9.17, 15) is 17.6 Å². The summed E-state index contributed by atoms with van der Waals surface area (Å²) in [5.74, 6) is -1.41. The van der Waals surface area contributed by atoms with E-state index in [2.05, 4.69) is 10.3 Å². The molecule has 0 saturated carbocycles. The molecule has 0 atom stereocenters. The molecule has 0 aliphatic carbocycles. The maximum Gasteiger partial charge on any atom is 0.264 e. The van der Waals surface area contributed by atoms with Crippen LogP contribution in [0, 0.1) is 5.82 Å². The molecular weight excluding hydrogens is 417 g/mol. The Bertz CT molecular complexity index is 1100. The van der Waals surface area contributed by atoms with Crippen LogP contribution in [0.1, 0.15) is 5.56 Å². The first-order chi connectivity index (χ1) is 13.9. The van der Waals surface area contributed by atoms with E-state index < -0.39 is 28.3 Å². The number of nitrogens with one attached hydrogen (secondary N) is 1. The smallest absolute Gasteiger partial charge is 0.264 e. The zero-order valence-corrected chi connectivity index (χ0v) is 16.7. The average molecular weight is 434 g/mol. The molecule has 0 saturated heterocycles. The molecule has 1 amide bonds. The molecule has 0 fully saturated rings. The van der Waals surface area contributed by atoms with Crippen LogP contribution in [0.2, 0.25) is 5.02 Å². The lowest BCUT2D eigenvalue weighted by Gasteiger charge is -2.24. The highest BCUT2D eigenvalue weighted by molar-refractivity contribution is 7.92. The Hall–Kier alpha value is -2.97. The van der Waals surface area contributed by atoms with Gasteiger partial charge in [-0.25, -0.2) is 12.8 Å². The molecule has 1 aromatic heterocycles. The Morgan fingerprint density at radius 3 is 2.45 bits per heavy atom. The van der Waals surface area contributed by atoms with Crippen LogP contribution in [0.25, 0.3) is 0 Å². The van der Waals surface area contributed by atoms with Crippen LogP contribution in [0.4, 0.5) is 10.1 Å². The second-order valence-corrected chi connectivity index (χ2v) is 8.35. The molecule has 150 valence electrons. The van der Waals surface area contributed by atoms with Crippen LogP contribution in [-0.4, -0.2) is 25.9 Å². The summed E-state index contributed by atoms with van der Waals surface area (Å²) >= 11 is 5.94. The zero-order chi connectivity index (χ0) is 20.9. The van der Waals surface area contributed by atoms with Gasteiger partial charge in [-0.05, 0) is 48.0 Å². The van der Waals surface area contributed by atoms with Gasteiger partial charge in [-0.2, -0.15) is 0 Å². The van der Waals surface area contributed by atoms with Gasteiger partial charge in [0.1, 0.15) is 12.4 Å². The molecule has 0 aliphatic rings. The Balaban J connectivity index is 1.91. The van der Waals surface area contributed by atoms with E-state index in [1.165, 1.54) is 24.3 Å². The van der Waals surface area contributed by atoms with Gasteiger partial charge in [-0.15, -0.1) is 0 Å². The third kappa shape index (κ3) is 5.10. The van der Waals surface area contributed by atoms with Crippen molar-refractivity contribution in [3.05, 3.63) is 89.5 Å². The third-order valence-corrected chi connectivity index (χ3v) is 6.04. The monoisotopic (exact) mass is 433 g/mol. The van der Waals surface area contributed by atoms with Crippen molar-refractivity contribution in [2.24, 2.45) is 0 Å². The Kier molecular flexibility index (Phi) is 6.46. The summed E-state index contributed by atoms with van der Waals surface area (Å²) in [6, 6.07) is 14.5. The van der Waals surface area contributed by atoms with E-state index in [4.69, 9.17) is 11.6 Å². The zero-order valence-electron chi connectivity index (χ0n) is 15.1. The molecule has 1 N–H and O–H groups in total. The van der Waals surface area contributed by atoms with Crippen molar-refractivity contribution in [3.63, 3.8) is 0 Å². The average Bonchev–Trinajstić information content (AvgIpc) is 2.73. The second-order valence-electron chi connectivity index (χ2n) is 6.05. The van der Waals surface area contributed by atoms with Gasteiger partial charge in [0.2, 0.25) is 5.91 Å². The number of rotatable bonds is 7. The number of pyridine rings is 1. The highest BCUT2D eigenvalue weighted by Crippen LogP contribution is 2.28. The molecule has 3 aromatic rings. The molecule has 0 aliphatic heterocycles. The van der Waals surface area contributed by atoms with E-state index in [0.717, 1.165) is 11.6 Å². The van der Waals surface area contributed by atoms with Gasteiger partial charge < -0.3 is 5.32 Å². The van der Waals surface area contributed by atoms with Crippen LogP contribution < -0.4 is 9.62 Å². The number of nitrogens with zero attached hydrogens (tertiary/aromatic N) is 2. The van der Waals surface area contributed by atoms with Gasteiger partial charge in [0.15, 0.2) is 0 Å². The summed E-state index contributed by atoms with van der Waals surface area (Å²) in [5, 5.41) is 2.77. The van der Waals surface area contributed by atoms with Crippen molar-refractivity contribution in [1.82, 2.24) is 10.3 Å². The maximum absolute atomic E-state index is 14.5. The summed E-state index contributed by atoms with van der Waals surface area (Å²) in [6.45, 7) is -0.432. The predicted molar refractivity (Wildman–Crippen MR) is 108 cm³/mol. The fourth-order valence-corrected chi connectivity index (χ4v) is 4.19. The second kappa shape index (κ2) is 9.02. The Labute approximate surface area is 173 Å². The number of hydrogen-bond acceptors (Lipinski definition) is 4. The molecule has 3 rings (SSSR count). The largest absolute Gasteiger partial charge is 0.350 e. The van der Waals surface area contributed by atoms with Crippen LogP contribution in [0.3, 0.4) is 0 Å². The molecule has 2 aromatic carbocycles. The number of sulfonamides is 1. The van der Waals surface area contributed by atoms with Gasteiger partial charge in [-0.3, -0.25) is 14.1 Å². The van der Waals surface area contributed by atoms with Crippen LogP contribution in [0.15, 0.2) is 78.0 Å². The molecule has 9 heteroatoms. The summed E-state index contributed by atoms with van der Waals surface area (Å²) in [6.07, 6.45) is 3.16. The number of halogens is 2. The number of carbonyl (C=O) groups excluding carboxylic acids is 1. The first kappa shape index (κ1) is 20.8. The van der Waals surface area contributed by atoms with Gasteiger partial charge in [0.05, 0.1) is 10.6 Å². The van der Waals surface area contributed by atoms with Crippen molar-refractivity contribution >= 4 is 33.2 Å². The maximum atomic E-state index is 14.5. The quantitative estimate of drug-likeness (QED) is 0.619. The number of anilines is 1. The van der Waals surface area contributed by atoms with Gasteiger partial charge in [0.25, 0.3) is 10.0 Å². The number of benzene rings is 2. The van der Waals surface area contributed by atoms with E-state index in [1.807, 2.05) is 0 Å². The number of carbonyl (C=O) groups is 1. The lowest BCUT2D eigenvalue weighted by molar-refractivity contribution is -0.119. The van der Waals surface area contributed by atoms with Gasteiger partial charge in [-0.1, -0.05) is 29.8 Å². The van der Waals surface area contributed by atoms with E-state index in [1.54, 1.807) is 42.7 Å². The van der Waals surface area contributed by atoms with Crippen LogP contribution in [-0.2, 0) is 21.4 Å². The van der Waals surface area contributed by atoms with Gasteiger partial charge >= 0.3 is 0 Å². The molecule has 0 unspecified atom stereocenters. The van der Waals surface area contributed by atoms with Crippen LogP contribution >= 0.6 is 11.6 Å². The van der Waals surface area contributed by atoms with Crippen LogP contribution in [0.5, 0.6) is 0 Å². The minimum atomic E-state index is -4.21. The van der Waals surface area contributed by atoms with Crippen molar-refractivity contribution in [1.29, 1.82) is 0 Å². The molecule has 1 heterocycles. The first-order valence-electron chi connectivity index (χ1n) is 8.56. The SMILES string of the molecule is O=C(CN(c1cc(Cl)ccc1F)S(=O)(=O)c1ccccc1)NCc1ccncc1. The highest BCUT2D eigenvalue weighted by Gasteiger charge is 2.29. The fourth-order valence-electron chi connectivity index (χ4n) is 2.58. The van der Waals surface area contributed by atoms with Crippen molar-refractivity contribution in [2.75, 3.05) is 10.8 Å². The van der Waals surface area contributed by atoms with Crippen molar-refractivity contribution < 1.29 is 17.6 Å². The summed E-state index contributed by atoms with van der Waals surface area (Å²) in [5.41, 5.74) is 0.486. The minimum absolute atomic E-state index is 0.0682. The van der Waals surface area contributed by atoms with E-state index in [-0.39, 0.29) is 22.2 Å². The van der Waals surface area contributed by atoms with E-state index in [0.29, 0.717) is 4.31 Å². The molecule has 29 heavy (non-hydrogen) atoms. The Morgan fingerprint density at radius 2 is 1.76 bits per heavy atom. The lowest BCUT2D eigenvalue weighted by Crippen LogP contribution is -2.41. The molecule has 0 spiro atoms. The lowest BCUT2D eigenvalue weighted by atomic mass is 10.2. The Morgan fingerprint density at radius 1 is 1.07 bits per heavy atom. The molecule has 0 bridgehead atoms. The standard InChI is InChI=1S/C20H17ClFN3O3S/c21-16-6-7-18(22)19(12-16)25(29(27,28)17-4-2-1-3-5-17)14-20(26)24-13-15-8-10-23-11-9-15/h1-12H,13-14H2,(H,24,26). The predicted octanol–water partition coefficient (Wildman–Crippen LogP) is 3.39. The summed E-state index contributed by atoms with van der Waals surface area (Å²) < 4.78 is 41.4. The van der Waals surface area contributed by atoms with Crippen molar-refractivity contribution in [3.8, 4) is 0 Å². The van der Waals surface area contributed by atoms with Gasteiger partial charge in [0, 0.05) is 24.0 Å². The van der Waals surface area contributed by atoms with Crippen molar-refractivity contribution in [2.45, 2.75) is 11.4 Å². The molecule has 0 radical (unpaired) electrons. The number of amides is 1. The topological polar surface area (TPSA) is 79.4 Å². The fraction of sp³-hybridized carbons (Fsp3) is 0.100. The minimum Gasteiger partial charge on any atom is -0.350 e. The summed E-state index contributed by atoms with van der Waals surface area (Å²) in [4.78, 5) is 16.3. The number of hydrogen-bond donors (Lipinski definition) is 1.